The third-order valence-electron chi connectivity index (χ3n) is 3.85. The summed E-state index contributed by atoms with van der Waals surface area (Å²) in [6.45, 7) is 1.31. The predicted molar refractivity (Wildman–Crippen MR) is 105 cm³/mol. The quantitative estimate of drug-likeness (QED) is 0.511. The number of aromatic nitrogens is 1. The summed E-state index contributed by atoms with van der Waals surface area (Å²) in [6, 6.07) is 17.7. The molecule has 0 aliphatic carbocycles. The van der Waals surface area contributed by atoms with Gasteiger partial charge in [-0.2, -0.15) is 0 Å². The van der Waals surface area contributed by atoms with Crippen molar-refractivity contribution in [1.82, 2.24) is 15.6 Å². The Morgan fingerprint density at radius 1 is 1.08 bits per heavy atom. The number of hydrogen-bond donors (Lipinski definition) is 2. The Labute approximate surface area is 158 Å². The fraction of sp³-hybridized carbons (Fsp3) is 0.200. The molecular weight excluding hydrogens is 348 g/mol. The number of rotatable bonds is 6. The third kappa shape index (κ3) is 5.10. The van der Waals surface area contributed by atoms with E-state index in [0.29, 0.717) is 12.4 Å². The summed E-state index contributed by atoms with van der Waals surface area (Å²) in [5, 5.41) is 7.28. The maximum absolute atomic E-state index is 5.90. The summed E-state index contributed by atoms with van der Waals surface area (Å²) in [5.74, 6) is 1.34. The van der Waals surface area contributed by atoms with Gasteiger partial charge in [0.15, 0.2) is 5.96 Å². The number of aliphatic imine (C=N–C) groups is 1. The summed E-state index contributed by atoms with van der Waals surface area (Å²) >= 11 is 5.90. The number of oxazole rings is 1. The van der Waals surface area contributed by atoms with E-state index in [9.17, 15) is 0 Å². The van der Waals surface area contributed by atoms with E-state index in [4.69, 9.17) is 16.0 Å². The fourth-order valence-electron chi connectivity index (χ4n) is 2.47. The predicted octanol–water partition coefficient (Wildman–Crippen LogP) is 3.90. The van der Waals surface area contributed by atoms with E-state index in [2.05, 4.69) is 20.6 Å². The van der Waals surface area contributed by atoms with Crippen molar-refractivity contribution < 1.29 is 4.42 Å². The molecule has 0 bridgehead atoms. The van der Waals surface area contributed by atoms with Crippen LogP contribution < -0.4 is 10.6 Å². The maximum atomic E-state index is 5.90. The van der Waals surface area contributed by atoms with Crippen molar-refractivity contribution in [1.29, 1.82) is 0 Å². The Balaban J connectivity index is 1.47. The molecule has 0 unspecified atom stereocenters. The monoisotopic (exact) mass is 368 g/mol. The second kappa shape index (κ2) is 9.06. The number of nitrogens with zero attached hydrogens (tertiary/aromatic N) is 2. The molecule has 5 nitrogen and oxygen atoms in total. The van der Waals surface area contributed by atoms with Gasteiger partial charge in [-0.05, 0) is 36.2 Å². The van der Waals surface area contributed by atoms with E-state index in [1.54, 1.807) is 13.3 Å². The van der Waals surface area contributed by atoms with Gasteiger partial charge in [0.05, 0.1) is 12.2 Å². The molecular formula is C20H21ClN4O. The second-order valence-electron chi connectivity index (χ2n) is 5.74. The van der Waals surface area contributed by atoms with Crippen LogP contribution in [0, 0.1) is 0 Å². The first-order chi connectivity index (χ1) is 12.7. The highest BCUT2D eigenvalue weighted by molar-refractivity contribution is 6.30. The van der Waals surface area contributed by atoms with Crippen LogP contribution in [0.3, 0.4) is 0 Å². The van der Waals surface area contributed by atoms with Gasteiger partial charge in [0, 0.05) is 24.2 Å². The van der Waals surface area contributed by atoms with Crippen molar-refractivity contribution in [3.63, 3.8) is 0 Å². The highest BCUT2D eigenvalue weighted by Crippen LogP contribution is 2.17. The number of nitrogens with one attached hydrogen (secondary N) is 2. The normalized spacial score (nSPS) is 11.4. The second-order valence-corrected chi connectivity index (χ2v) is 6.18. The lowest BCUT2D eigenvalue weighted by molar-refractivity contribution is 0.572. The average molecular weight is 369 g/mol. The van der Waals surface area contributed by atoms with Crippen molar-refractivity contribution in [3.8, 4) is 11.5 Å². The SMILES string of the molecule is CN=C(NCCc1ccc(Cl)cc1)NCc1coc(-c2ccccc2)n1. The zero-order valence-corrected chi connectivity index (χ0v) is 15.3. The van der Waals surface area contributed by atoms with Crippen molar-refractivity contribution in [2.75, 3.05) is 13.6 Å². The van der Waals surface area contributed by atoms with Crippen LogP contribution in [0.1, 0.15) is 11.3 Å². The first-order valence-electron chi connectivity index (χ1n) is 8.43. The molecule has 134 valence electrons. The van der Waals surface area contributed by atoms with Crippen molar-refractivity contribution in [2.45, 2.75) is 13.0 Å². The summed E-state index contributed by atoms with van der Waals surface area (Å²) in [6.07, 6.45) is 2.55. The molecule has 0 saturated heterocycles. The molecule has 0 aliphatic heterocycles. The Morgan fingerprint density at radius 2 is 1.85 bits per heavy atom. The number of guanidine groups is 1. The van der Waals surface area contributed by atoms with Crippen LogP contribution in [0.15, 0.2) is 70.3 Å². The van der Waals surface area contributed by atoms with Gasteiger partial charge in [-0.15, -0.1) is 0 Å². The van der Waals surface area contributed by atoms with Crippen LogP contribution >= 0.6 is 11.6 Å². The van der Waals surface area contributed by atoms with E-state index in [1.165, 1.54) is 5.56 Å². The molecule has 0 aliphatic rings. The van der Waals surface area contributed by atoms with Gasteiger partial charge in [-0.25, -0.2) is 4.98 Å². The fourth-order valence-corrected chi connectivity index (χ4v) is 2.60. The van der Waals surface area contributed by atoms with Gasteiger partial charge < -0.3 is 15.1 Å². The molecule has 0 saturated carbocycles. The summed E-state index contributed by atoms with van der Waals surface area (Å²) in [5.41, 5.74) is 3.01. The van der Waals surface area contributed by atoms with Gasteiger partial charge in [-0.3, -0.25) is 4.99 Å². The molecule has 3 aromatic rings. The van der Waals surface area contributed by atoms with E-state index in [-0.39, 0.29) is 0 Å². The van der Waals surface area contributed by atoms with Gasteiger partial charge in [-0.1, -0.05) is 41.9 Å². The summed E-state index contributed by atoms with van der Waals surface area (Å²) in [4.78, 5) is 8.73. The van der Waals surface area contributed by atoms with E-state index < -0.39 is 0 Å². The van der Waals surface area contributed by atoms with Crippen LogP contribution in [-0.2, 0) is 13.0 Å². The first kappa shape index (κ1) is 18.0. The zero-order chi connectivity index (χ0) is 18.2. The Morgan fingerprint density at radius 3 is 2.58 bits per heavy atom. The maximum Gasteiger partial charge on any atom is 0.226 e. The number of hydrogen-bond acceptors (Lipinski definition) is 3. The smallest absolute Gasteiger partial charge is 0.226 e. The van der Waals surface area contributed by atoms with Crippen molar-refractivity contribution in [2.24, 2.45) is 4.99 Å². The Kier molecular flexibility index (Phi) is 6.28. The van der Waals surface area contributed by atoms with Crippen LogP contribution in [0.4, 0.5) is 0 Å². The van der Waals surface area contributed by atoms with Gasteiger partial charge in [0.2, 0.25) is 5.89 Å². The number of benzene rings is 2. The highest BCUT2D eigenvalue weighted by Gasteiger charge is 2.07. The molecule has 3 rings (SSSR count). The van der Waals surface area contributed by atoms with E-state index >= 15 is 0 Å². The largest absolute Gasteiger partial charge is 0.444 e. The lowest BCUT2D eigenvalue weighted by Gasteiger charge is -2.10. The van der Waals surface area contributed by atoms with Crippen LogP contribution in [0.2, 0.25) is 5.02 Å². The molecule has 0 amide bonds. The van der Waals surface area contributed by atoms with E-state index in [1.807, 2.05) is 54.6 Å². The molecule has 1 aromatic heterocycles. The average Bonchev–Trinajstić information content (AvgIpc) is 3.16. The molecule has 1 heterocycles. The molecule has 0 spiro atoms. The molecule has 2 N–H and O–H groups in total. The van der Waals surface area contributed by atoms with Gasteiger partial charge in [0.1, 0.15) is 6.26 Å². The molecule has 0 atom stereocenters. The topological polar surface area (TPSA) is 62.5 Å². The summed E-state index contributed by atoms with van der Waals surface area (Å²) in [7, 11) is 1.75. The molecule has 0 fully saturated rings. The Bertz CT molecular complexity index is 844. The minimum absolute atomic E-state index is 0.539. The molecule has 26 heavy (non-hydrogen) atoms. The lowest BCUT2D eigenvalue weighted by atomic mass is 10.1. The minimum atomic E-state index is 0.539. The van der Waals surface area contributed by atoms with Gasteiger partial charge in [0.25, 0.3) is 0 Å². The lowest BCUT2D eigenvalue weighted by Crippen LogP contribution is -2.37. The number of halogens is 1. The summed E-state index contributed by atoms with van der Waals surface area (Å²) < 4.78 is 5.54. The molecule has 0 radical (unpaired) electrons. The third-order valence-corrected chi connectivity index (χ3v) is 4.10. The van der Waals surface area contributed by atoms with Crippen LogP contribution in [-0.4, -0.2) is 24.5 Å². The Hall–Kier alpha value is -2.79. The van der Waals surface area contributed by atoms with Crippen molar-refractivity contribution in [3.05, 3.63) is 77.1 Å². The van der Waals surface area contributed by atoms with E-state index in [0.717, 1.165) is 35.2 Å². The highest BCUT2D eigenvalue weighted by atomic mass is 35.5. The standard InChI is InChI=1S/C20H21ClN4O/c1-22-20(23-12-11-15-7-9-17(21)10-8-15)24-13-18-14-26-19(25-18)16-5-3-2-4-6-16/h2-10,14H,11-13H2,1H3,(H2,22,23,24). The van der Waals surface area contributed by atoms with Gasteiger partial charge >= 0.3 is 0 Å². The van der Waals surface area contributed by atoms with Crippen molar-refractivity contribution >= 4 is 17.6 Å². The van der Waals surface area contributed by atoms with Crippen LogP contribution in [0.25, 0.3) is 11.5 Å². The minimum Gasteiger partial charge on any atom is -0.444 e. The first-order valence-corrected chi connectivity index (χ1v) is 8.81. The van der Waals surface area contributed by atoms with Crippen LogP contribution in [0.5, 0.6) is 0 Å². The molecule has 2 aromatic carbocycles. The zero-order valence-electron chi connectivity index (χ0n) is 14.6. The molecule has 6 heteroatoms.